The van der Waals surface area contributed by atoms with E-state index in [-0.39, 0.29) is 18.1 Å². The van der Waals surface area contributed by atoms with Crippen LogP contribution < -0.4 is 0 Å². The van der Waals surface area contributed by atoms with Crippen LogP contribution in [0.3, 0.4) is 0 Å². The molecular formula is C11H19NO3. The minimum atomic E-state index is -0.327. The van der Waals surface area contributed by atoms with Crippen molar-refractivity contribution in [3.63, 3.8) is 0 Å². The second-order valence-corrected chi connectivity index (χ2v) is 4.47. The van der Waals surface area contributed by atoms with Crippen LogP contribution in [0.5, 0.6) is 0 Å². The number of hydrogen-bond acceptors (Lipinski definition) is 3. The number of ether oxygens (including phenoxy) is 1. The van der Waals surface area contributed by atoms with Crippen molar-refractivity contribution in [2.75, 3.05) is 19.7 Å². The van der Waals surface area contributed by atoms with Gasteiger partial charge in [-0.15, -0.1) is 0 Å². The molecule has 4 heteroatoms. The molecule has 1 amide bonds. The Bertz CT molecular complexity index is 226. The topological polar surface area (TPSA) is 49.8 Å². The Morgan fingerprint density at radius 2 is 2.27 bits per heavy atom. The number of nitrogens with zero attached hydrogens (tertiary/aromatic N) is 1. The summed E-state index contributed by atoms with van der Waals surface area (Å²) in [5, 5.41) is 9.46. The zero-order valence-electron chi connectivity index (χ0n) is 9.02. The lowest BCUT2D eigenvalue weighted by Gasteiger charge is -2.30. The third-order valence-electron chi connectivity index (χ3n) is 3.18. The summed E-state index contributed by atoms with van der Waals surface area (Å²) in [6.45, 7) is 2.09. The first-order valence-corrected chi connectivity index (χ1v) is 5.83. The van der Waals surface area contributed by atoms with Gasteiger partial charge >= 0.3 is 0 Å². The van der Waals surface area contributed by atoms with Gasteiger partial charge in [-0.3, -0.25) is 4.79 Å². The molecule has 2 aliphatic heterocycles. The number of rotatable bonds is 2. The van der Waals surface area contributed by atoms with Crippen LogP contribution in [0, 0.1) is 0 Å². The number of β-amino-alcohol motifs (C(OH)–C–C–N with tert-alkyl or cyclic N) is 1. The Balaban J connectivity index is 1.78. The average Bonchev–Trinajstić information content (AvgIpc) is 2.70. The highest BCUT2D eigenvalue weighted by Crippen LogP contribution is 2.18. The Kier molecular flexibility index (Phi) is 3.59. The molecule has 2 fully saturated rings. The van der Waals surface area contributed by atoms with Crippen molar-refractivity contribution in [2.45, 2.75) is 44.3 Å². The highest BCUT2D eigenvalue weighted by Gasteiger charge is 2.26. The molecule has 4 nitrogen and oxygen atoms in total. The van der Waals surface area contributed by atoms with E-state index in [4.69, 9.17) is 4.74 Å². The molecule has 0 bridgehead atoms. The number of likely N-dealkylation sites (tertiary alicyclic amines) is 1. The summed E-state index contributed by atoms with van der Waals surface area (Å²) in [6.07, 6.45) is 4.10. The molecule has 2 aliphatic rings. The smallest absolute Gasteiger partial charge is 0.225 e. The normalized spacial score (nSPS) is 31.9. The Morgan fingerprint density at radius 3 is 2.93 bits per heavy atom. The van der Waals surface area contributed by atoms with Gasteiger partial charge in [0.15, 0.2) is 0 Å². The van der Waals surface area contributed by atoms with Crippen molar-refractivity contribution in [2.24, 2.45) is 0 Å². The summed E-state index contributed by atoms with van der Waals surface area (Å²) in [7, 11) is 0. The van der Waals surface area contributed by atoms with Gasteiger partial charge in [-0.05, 0) is 25.7 Å². The molecular weight excluding hydrogens is 194 g/mol. The third kappa shape index (κ3) is 2.92. The summed E-state index contributed by atoms with van der Waals surface area (Å²) in [5.74, 6) is 0.139. The van der Waals surface area contributed by atoms with E-state index >= 15 is 0 Å². The van der Waals surface area contributed by atoms with Crippen molar-refractivity contribution in [1.82, 2.24) is 4.90 Å². The van der Waals surface area contributed by atoms with Crippen LogP contribution in [0.1, 0.15) is 32.1 Å². The fourth-order valence-corrected chi connectivity index (χ4v) is 2.31. The lowest BCUT2D eigenvalue weighted by molar-refractivity contribution is -0.136. The lowest BCUT2D eigenvalue weighted by Crippen LogP contribution is -2.43. The third-order valence-corrected chi connectivity index (χ3v) is 3.18. The first-order chi connectivity index (χ1) is 7.25. The summed E-state index contributed by atoms with van der Waals surface area (Å²) in [4.78, 5) is 13.6. The van der Waals surface area contributed by atoms with Crippen molar-refractivity contribution in [3.05, 3.63) is 0 Å². The van der Waals surface area contributed by atoms with Gasteiger partial charge in [0.1, 0.15) is 0 Å². The van der Waals surface area contributed by atoms with Gasteiger partial charge in [0.05, 0.1) is 18.6 Å². The highest BCUT2D eigenvalue weighted by molar-refractivity contribution is 5.76. The Labute approximate surface area is 90.2 Å². The molecule has 2 atom stereocenters. The van der Waals surface area contributed by atoms with Gasteiger partial charge < -0.3 is 14.7 Å². The van der Waals surface area contributed by atoms with Crippen molar-refractivity contribution in [1.29, 1.82) is 0 Å². The minimum Gasteiger partial charge on any atom is -0.391 e. The average molecular weight is 213 g/mol. The molecule has 0 radical (unpaired) electrons. The first-order valence-electron chi connectivity index (χ1n) is 5.83. The van der Waals surface area contributed by atoms with Crippen molar-refractivity contribution >= 4 is 5.91 Å². The number of aliphatic hydroxyl groups excluding tert-OH is 1. The highest BCUT2D eigenvalue weighted by atomic mass is 16.5. The van der Waals surface area contributed by atoms with Gasteiger partial charge in [-0.2, -0.15) is 0 Å². The summed E-state index contributed by atoms with van der Waals surface area (Å²) < 4.78 is 5.43. The second kappa shape index (κ2) is 4.94. The van der Waals surface area contributed by atoms with E-state index in [9.17, 15) is 9.90 Å². The SMILES string of the molecule is O=C(CC1CCCO1)N1CCC[C@H](O)C1. The van der Waals surface area contributed by atoms with Crippen molar-refractivity contribution < 1.29 is 14.6 Å². The molecule has 2 heterocycles. The van der Waals surface area contributed by atoms with Crippen LogP contribution in [0.25, 0.3) is 0 Å². The molecule has 2 saturated heterocycles. The van der Waals surface area contributed by atoms with Gasteiger partial charge in [-0.25, -0.2) is 0 Å². The Hall–Kier alpha value is -0.610. The Morgan fingerprint density at radius 1 is 1.40 bits per heavy atom. The van der Waals surface area contributed by atoms with E-state index in [2.05, 4.69) is 0 Å². The fraction of sp³-hybridized carbons (Fsp3) is 0.909. The minimum absolute atomic E-state index is 0.122. The lowest BCUT2D eigenvalue weighted by atomic mass is 10.1. The fourth-order valence-electron chi connectivity index (χ4n) is 2.31. The van der Waals surface area contributed by atoms with Crippen LogP contribution in [-0.2, 0) is 9.53 Å². The van der Waals surface area contributed by atoms with E-state index in [0.29, 0.717) is 13.0 Å². The van der Waals surface area contributed by atoms with Crippen LogP contribution in [-0.4, -0.2) is 47.8 Å². The van der Waals surface area contributed by atoms with Crippen LogP contribution >= 0.6 is 0 Å². The molecule has 0 aromatic rings. The second-order valence-electron chi connectivity index (χ2n) is 4.47. The molecule has 0 saturated carbocycles. The van der Waals surface area contributed by atoms with Crippen LogP contribution in [0.4, 0.5) is 0 Å². The molecule has 0 aromatic heterocycles. The number of amides is 1. The first kappa shape index (κ1) is 10.9. The monoisotopic (exact) mass is 213 g/mol. The molecule has 1 unspecified atom stereocenters. The molecule has 2 rings (SSSR count). The standard InChI is InChI=1S/C11H19NO3/c13-9-3-1-5-12(8-9)11(14)7-10-4-2-6-15-10/h9-10,13H,1-8H2/t9-,10?/m0/s1. The van der Waals surface area contributed by atoms with Gasteiger partial charge in [0.2, 0.25) is 5.91 Å². The van der Waals surface area contributed by atoms with E-state index in [1.165, 1.54) is 0 Å². The maximum absolute atomic E-state index is 11.8. The van der Waals surface area contributed by atoms with Crippen LogP contribution in [0.15, 0.2) is 0 Å². The van der Waals surface area contributed by atoms with Gasteiger partial charge in [0, 0.05) is 19.7 Å². The number of carbonyl (C=O) groups is 1. The van der Waals surface area contributed by atoms with Gasteiger partial charge in [0.25, 0.3) is 0 Å². The largest absolute Gasteiger partial charge is 0.391 e. The molecule has 0 aliphatic carbocycles. The van der Waals surface area contributed by atoms with Crippen LogP contribution in [0.2, 0.25) is 0 Å². The molecule has 1 N–H and O–H groups in total. The van der Waals surface area contributed by atoms with E-state index < -0.39 is 0 Å². The van der Waals surface area contributed by atoms with E-state index in [1.54, 1.807) is 4.90 Å². The number of carbonyl (C=O) groups excluding carboxylic acids is 1. The van der Waals surface area contributed by atoms with E-state index in [0.717, 1.165) is 38.8 Å². The summed E-state index contributed by atoms with van der Waals surface area (Å²) >= 11 is 0. The predicted molar refractivity (Wildman–Crippen MR) is 55.4 cm³/mol. The quantitative estimate of drug-likeness (QED) is 0.728. The summed E-state index contributed by atoms with van der Waals surface area (Å²) in [5.41, 5.74) is 0. The zero-order valence-corrected chi connectivity index (χ0v) is 9.02. The molecule has 0 spiro atoms. The predicted octanol–water partition coefficient (Wildman–Crippen LogP) is 0.539. The van der Waals surface area contributed by atoms with Crippen molar-refractivity contribution in [3.8, 4) is 0 Å². The van der Waals surface area contributed by atoms with E-state index in [1.807, 2.05) is 0 Å². The number of aliphatic hydroxyl groups is 1. The molecule has 15 heavy (non-hydrogen) atoms. The van der Waals surface area contributed by atoms with Gasteiger partial charge in [-0.1, -0.05) is 0 Å². The number of hydrogen-bond donors (Lipinski definition) is 1. The number of piperidine rings is 1. The zero-order chi connectivity index (χ0) is 10.7. The maximum Gasteiger partial charge on any atom is 0.225 e. The molecule has 86 valence electrons. The summed E-state index contributed by atoms with van der Waals surface area (Å²) in [6, 6.07) is 0. The molecule has 0 aromatic carbocycles. The maximum atomic E-state index is 11.8.